The van der Waals surface area contributed by atoms with Gasteiger partial charge in [0, 0.05) is 12.1 Å². The molecule has 0 aliphatic heterocycles. The molecule has 0 atom stereocenters. The van der Waals surface area contributed by atoms with E-state index in [1.807, 2.05) is 6.07 Å². The van der Waals surface area contributed by atoms with E-state index in [1.165, 1.54) is 0 Å². The van der Waals surface area contributed by atoms with Gasteiger partial charge in [0.25, 0.3) is 0 Å². The van der Waals surface area contributed by atoms with Crippen LogP contribution in [-0.4, -0.2) is 13.2 Å². The lowest BCUT2D eigenvalue weighted by Gasteiger charge is -2.02. The first-order valence-corrected chi connectivity index (χ1v) is 5.89. The highest BCUT2D eigenvalue weighted by molar-refractivity contribution is 6.50. The summed E-state index contributed by atoms with van der Waals surface area (Å²) in [6, 6.07) is 15.0. The van der Waals surface area contributed by atoms with Crippen LogP contribution in [0.2, 0.25) is 0 Å². The minimum atomic E-state index is -6.00. The van der Waals surface area contributed by atoms with Gasteiger partial charge in [-0.05, 0) is 24.3 Å². The summed E-state index contributed by atoms with van der Waals surface area (Å²) in [6.07, 6.45) is 0. The molecule has 22 heavy (non-hydrogen) atoms. The number of nitrogens with zero attached hydrogens (tertiary/aromatic N) is 2. The monoisotopic (exact) mass is 312 g/mol. The molecule has 0 aromatic heterocycles. The molecular weight excluding hydrogens is 303 g/mol. The number of halogens is 4. The predicted octanol–water partition coefficient (Wildman–Crippen LogP) is 4.69. The molecule has 0 saturated carbocycles. The summed E-state index contributed by atoms with van der Waals surface area (Å²) in [7, 11) is -6.00. The summed E-state index contributed by atoms with van der Waals surface area (Å²) in [5.74, 6) is -0.00876. The maximum absolute atomic E-state index is 11.7. The summed E-state index contributed by atoms with van der Waals surface area (Å²) < 4.78 is 44.1. The average molecular weight is 312 g/mol. The molecular formula is C13H9BF4N2O2. The first-order chi connectivity index (χ1) is 10.3. The lowest BCUT2D eigenvalue weighted by atomic mass is 10.2. The Labute approximate surface area is 123 Å². The molecule has 0 heterocycles. The van der Waals surface area contributed by atoms with Gasteiger partial charge in [-0.15, -0.1) is 0 Å². The van der Waals surface area contributed by atoms with Gasteiger partial charge in [-0.1, -0.05) is 18.2 Å². The normalized spacial score (nSPS) is 9.95. The third kappa shape index (κ3) is 7.05. The third-order valence-corrected chi connectivity index (χ3v) is 2.17. The zero-order valence-electron chi connectivity index (χ0n) is 11.0. The largest absolute Gasteiger partial charge is 0.673 e. The Morgan fingerprint density at radius 3 is 1.91 bits per heavy atom. The molecule has 0 unspecified atom stereocenters. The molecule has 0 bridgehead atoms. The lowest BCUT2D eigenvalue weighted by molar-refractivity contribution is 0.0734. The van der Waals surface area contributed by atoms with Gasteiger partial charge in [-0.25, -0.2) is 4.79 Å². The van der Waals surface area contributed by atoms with Crippen molar-refractivity contribution in [1.82, 2.24) is 0 Å². The van der Waals surface area contributed by atoms with E-state index >= 15 is 0 Å². The van der Waals surface area contributed by atoms with Crippen molar-refractivity contribution in [3.05, 3.63) is 65.1 Å². The van der Waals surface area contributed by atoms with Crippen molar-refractivity contribution in [1.29, 1.82) is 5.39 Å². The maximum atomic E-state index is 11.7. The predicted molar refractivity (Wildman–Crippen MR) is 72.8 cm³/mol. The number of ether oxygens (including phenoxy) is 1. The van der Waals surface area contributed by atoms with Crippen molar-refractivity contribution in [2.24, 2.45) is 0 Å². The van der Waals surface area contributed by atoms with Gasteiger partial charge >= 0.3 is 18.9 Å². The van der Waals surface area contributed by atoms with Crippen LogP contribution in [0.15, 0.2) is 54.6 Å². The number of benzene rings is 2. The summed E-state index contributed by atoms with van der Waals surface area (Å²) in [4.78, 5) is 14.7. The van der Waals surface area contributed by atoms with E-state index in [2.05, 4.69) is 4.98 Å². The number of hydrogen-bond donors (Lipinski definition) is 0. The van der Waals surface area contributed by atoms with Crippen molar-refractivity contribution in [3.63, 3.8) is 0 Å². The van der Waals surface area contributed by atoms with E-state index in [9.17, 15) is 22.1 Å². The number of rotatable bonds is 2. The lowest BCUT2D eigenvalue weighted by Crippen LogP contribution is -2.07. The Morgan fingerprint density at radius 1 is 0.955 bits per heavy atom. The first-order valence-electron chi connectivity index (χ1n) is 5.89. The van der Waals surface area contributed by atoms with E-state index < -0.39 is 13.2 Å². The quantitative estimate of drug-likeness (QED) is 0.266. The van der Waals surface area contributed by atoms with Crippen molar-refractivity contribution in [3.8, 4) is 5.75 Å². The SMILES string of the molecule is F[B-](F)(F)F.N#[N+]c1ccc(OC(=O)c2ccccc2)cc1. The van der Waals surface area contributed by atoms with Crippen LogP contribution in [0.4, 0.5) is 23.0 Å². The molecule has 2 aromatic rings. The van der Waals surface area contributed by atoms with Gasteiger partial charge in [0.2, 0.25) is 5.39 Å². The minimum absolute atomic E-state index is 0.407. The number of carbonyl (C=O) groups is 1. The van der Waals surface area contributed by atoms with Crippen LogP contribution in [0, 0.1) is 5.39 Å². The molecule has 0 fully saturated rings. The fraction of sp³-hybridized carbons (Fsp3) is 0. The highest BCUT2D eigenvalue weighted by Gasteiger charge is 2.20. The smallest absolute Gasteiger partial charge is 0.423 e. The summed E-state index contributed by atoms with van der Waals surface area (Å²) in [5.41, 5.74) is 0.896. The second kappa shape index (κ2) is 7.78. The molecule has 0 aliphatic rings. The Kier molecular flexibility index (Phi) is 6.07. The Bertz CT molecular complexity index is 648. The number of carbonyl (C=O) groups excluding carboxylic acids is 1. The molecule has 0 saturated heterocycles. The van der Waals surface area contributed by atoms with Gasteiger partial charge in [-0.3, -0.25) is 0 Å². The highest BCUT2D eigenvalue weighted by Crippen LogP contribution is 2.18. The number of esters is 1. The zero-order valence-corrected chi connectivity index (χ0v) is 11.0. The Hall–Kier alpha value is -2.89. The van der Waals surface area contributed by atoms with Gasteiger partial charge in [-0.2, -0.15) is 0 Å². The van der Waals surface area contributed by atoms with Crippen molar-refractivity contribution in [2.45, 2.75) is 0 Å². The first kappa shape index (κ1) is 17.2. The second-order valence-electron chi connectivity index (χ2n) is 3.84. The standard InChI is InChI=1S/C13H9N2O2.BF4/c14-15-11-6-8-12(9-7-11)17-13(16)10-4-2-1-3-5-10;2-1(3,4)5/h1-9H;/q+1;-1. The van der Waals surface area contributed by atoms with Crippen molar-refractivity contribution in [2.75, 3.05) is 0 Å². The fourth-order valence-electron chi connectivity index (χ4n) is 1.32. The number of diazo groups is 1. The van der Waals surface area contributed by atoms with Crippen LogP contribution < -0.4 is 4.74 Å². The van der Waals surface area contributed by atoms with Crippen LogP contribution in [0.3, 0.4) is 0 Å². The molecule has 0 spiro atoms. The molecule has 0 N–H and O–H groups in total. The van der Waals surface area contributed by atoms with Gasteiger partial charge in [0.15, 0.2) is 4.98 Å². The molecule has 0 aliphatic carbocycles. The molecule has 0 amide bonds. The Morgan fingerprint density at radius 2 is 1.45 bits per heavy atom. The summed E-state index contributed by atoms with van der Waals surface area (Å²) in [6.45, 7) is 0. The molecule has 9 heteroatoms. The van der Waals surface area contributed by atoms with Crippen LogP contribution in [-0.2, 0) is 0 Å². The van der Waals surface area contributed by atoms with Crippen LogP contribution in [0.25, 0.3) is 4.98 Å². The maximum Gasteiger partial charge on any atom is 0.673 e. The molecule has 4 nitrogen and oxygen atoms in total. The summed E-state index contributed by atoms with van der Waals surface area (Å²) >= 11 is 0. The van der Waals surface area contributed by atoms with E-state index in [4.69, 9.17) is 10.1 Å². The van der Waals surface area contributed by atoms with Crippen LogP contribution >= 0.6 is 0 Å². The van der Waals surface area contributed by atoms with E-state index in [0.29, 0.717) is 17.0 Å². The minimum Gasteiger partial charge on any atom is -0.423 e. The fourth-order valence-corrected chi connectivity index (χ4v) is 1.32. The second-order valence-corrected chi connectivity index (χ2v) is 3.84. The molecule has 114 valence electrons. The topological polar surface area (TPSA) is 54.4 Å². The van der Waals surface area contributed by atoms with Gasteiger partial charge in [0.05, 0.1) is 5.56 Å². The van der Waals surface area contributed by atoms with Gasteiger partial charge < -0.3 is 22.0 Å². The number of hydrogen-bond acceptors (Lipinski definition) is 3. The van der Waals surface area contributed by atoms with Crippen molar-refractivity contribution >= 4 is 18.9 Å². The van der Waals surface area contributed by atoms with E-state index in [0.717, 1.165) is 0 Å². The highest BCUT2D eigenvalue weighted by atomic mass is 19.5. The van der Waals surface area contributed by atoms with Gasteiger partial charge in [0.1, 0.15) is 5.75 Å². The third-order valence-electron chi connectivity index (χ3n) is 2.17. The molecule has 2 rings (SSSR count). The van der Waals surface area contributed by atoms with Crippen LogP contribution in [0.5, 0.6) is 5.75 Å². The average Bonchev–Trinajstić information content (AvgIpc) is 2.47. The van der Waals surface area contributed by atoms with Crippen LogP contribution in [0.1, 0.15) is 10.4 Å². The van der Waals surface area contributed by atoms with Crippen molar-refractivity contribution < 1.29 is 26.8 Å². The van der Waals surface area contributed by atoms with E-state index in [1.54, 1.807) is 48.5 Å². The Balaban J connectivity index is 0.000000422. The zero-order chi connectivity index (χ0) is 16.6. The summed E-state index contributed by atoms with van der Waals surface area (Å²) in [5, 5.41) is 8.51. The van der Waals surface area contributed by atoms with E-state index in [-0.39, 0.29) is 0 Å². The molecule has 0 radical (unpaired) electrons. The molecule has 2 aromatic carbocycles.